The summed E-state index contributed by atoms with van der Waals surface area (Å²) in [6, 6.07) is 25.0. The maximum absolute atomic E-state index is 13.9. The number of anilines is 3. The smallest absolute Gasteiger partial charge is 0.283 e. The van der Waals surface area contributed by atoms with Gasteiger partial charge in [0.15, 0.2) is 0 Å². The number of hydrogen-bond donors (Lipinski definition) is 0. The summed E-state index contributed by atoms with van der Waals surface area (Å²) in [6.45, 7) is 7.45. The standard InChI is InChI=1S/C35H33N3O3/c1-24-21-26(23-29(41-24)17-15-25-16-18-31-30(22-25)35(2,3)19-20-36(31)4)32-33(39)37(27-11-7-5-8-12-27)38(34(32)40)28-13-9-6-10-14-28/h5-18,21-23H,19-20H2,1-4H3/b17-15+. The molecule has 6 rings (SSSR count). The third-order valence-corrected chi connectivity index (χ3v) is 7.91. The van der Waals surface area contributed by atoms with Gasteiger partial charge in [-0.3, -0.25) is 9.59 Å². The topological polar surface area (TPSA) is 53.1 Å². The van der Waals surface area contributed by atoms with E-state index in [0.717, 1.165) is 18.5 Å². The average molecular weight is 544 g/mol. The van der Waals surface area contributed by atoms with Gasteiger partial charge in [-0.05, 0) is 90.1 Å². The van der Waals surface area contributed by atoms with Crippen molar-refractivity contribution in [2.75, 3.05) is 28.5 Å². The second kappa shape index (κ2) is 10.3. The summed E-state index contributed by atoms with van der Waals surface area (Å²) in [5.74, 6) is 0.401. The van der Waals surface area contributed by atoms with Crippen molar-refractivity contribution in [3.8, 4) is 0 Å². The van der Waals surface area contributed by atoms with E-state index >= 15 is 0 Å². The van der Waals surface area contributed by atoms with Gasteiger partial charge in [0.2, 0.25) is 0 Å². The van der Waals surface area contributed by atoms with E-state index in [0.29, 0.717) is 28.5 Å². The molecule has 3 aromatic carbocycles. The Morgan fingerprint density at radius 3 is 2.02 bits per heavy atom. The van der Waals surface area contributed by atoms with E-state index in [4.69, 9.17) is 4.74 Å². The Morgan fingerprint density at radius 2 is 1.41 bits per heavy atom. The second-order valence-corrected chi connectivity index (χ2v) is 11.3. The zero-order valence-electron chi connectivity index (χ0n) is 23.8. The molecule has 3 aliphatic rings. The van der Waals surface area contributed by atoms with Gasteiger partial charge in [0.1, 0.15) is 17.1 Å². The molecule has 0 unspecified atom stereocenters. The molecule has 3 aromatic rings. The number of rotatable bonds is 4. The van der Waals surface area contributed by atoms with Crippen LogP contribution in [0, 0.1) is 0 Å². The lowest BCUT2D eigenvalue weighted by Crippen LogP contribution is -2.41. The van der Waals surface area contributed by atoms with Gasteiger partial charge in [-0.15, -0.1) is 0 Å². The molecule has 1 fully saturated rings. The summed E-state index contributed by atoms with van der Waals surface area (Å²) in [6.07, 6.45) is 8.52. The maximum Gasteiger partial charge on any atom is 0.283 e. The summed E-state index contributed by atoms with van der Waals surface area (Å²) in [7, 11) is 2.14. The van der Waals surface area contributed by atoms with Crippen LogP contribution < -0.4 is 14.9 Å². The Kier molecular flexibility index (Phi) is 6.62. The van der Waals surface area contributed by atoms with Gasteiger partial charge < -0.3 is 9.64 Å². The number of carbonyl (C=O) groups is 2. The first-order valence-corrected chi connectivity index (χ1v) is 13.9. The van der Waals surface area contributed by atoms with Crippen molar-refractivity contribution in [1.82, 2.24) is 0 Å². The van der Waals surface area contributed by atoms with Crippen LogP contribution in [0.5, 0.6) is 0 Å². The first-order valence-electron chi connectivity index (χ1n) is 13.9. The zero-order chi connectivity index (χ0) is 28.7. The van der Waals surface area contributed by atoms with Crippen LogP contribution in [-0.2, 0) is 19.7 Å². The molecule has 2 amide bonds. The molecule has 0 aliphatic carbocycles. The van der Waals surface area contributed by atoms with E-state index in [1.54, 1.807) is 12.2 Å². The zero-order valence-corrected chi connectivity index (χ0v) is 23.8. The second-order valence-electron chi connectivity index (χ2n) is 11.3. The third-order valence-electron chi connectivity index (χ3n) is 7.91. The average Bonchev–Trinajstić information content (AvgIpc) is 3.24. The van der Waals surface area contributed by atoms with Crippen LogP contribution in [0.2, 0.25) is 0 Å². The van der Waals surface area contributed by atoms with Crippen LogP contribution in [-0.4, -0.2) is 25.4 Å². The molecular weight excluding hydrogens is 510 g/mol. The van der Waals surface area contributed by atoms with Crippen molar-refractivity contribution < 1.29 is 14.3 Å². The van der Waals surface area contributed by atoms with Gasteiger partial charge in [-0.25, -0.2) is 10.0 Å². The number of carbonyl (C=O) groups excluding carboxylic acids is 2. The fraction of sp³-hybridized carbons (Fsp3) is 0.200. The molecule has 3 heterocycles. The van der Waals surface area contributed by atoms with E-state index in [2.05, 4.69) is 44.0 Å². The van der Waals surface area contributed by atoms with Crippen molar-refractivity contribution in [2.45, 2.75) is 32.6 Å². The van der Waals surface area contributed by atoms with Crippen LogP contribution >= 0.6 is 0 Å². The Bertz CT molecular complexity index is 1590. The summed E-state index contributed by atoms with van der Waals surface area (Å²) in [4.78, 5) is 30.1. The molecule has 41 heavy (non-hydrogen) atoms. The number of allylic oxidation sites excluding steroid dienone is 5. The minimum absolute atomic E-state index is 0.0989. The van der Waals surface area contributed by atoms with Crippen molar-refractivity contribution in [3.05, 3.63) is 131 Å². The van der Waals surface area contributed by atoms with Crippen molar-refractivity contribution in [2.24, 2.45) is 0 Å². The molecule has 0 N–H and O–H groups in total. The van der Waals surface area contributed by atoms with Crippen molar-refractivity contribution in [3.63, 3.8) is 0 Å². The summed E-state index contributed by atoms with van der Waals surface area (Å²) >= 11 is 0. The largest absolute Gasteiger partial charge is 0.462 e. The molecule has 0 atom stereocenters. The van der Waals surface area contributed by atoms with Gasteiger partial charge in [-0.1, -0.05) is 62.4 Å². The number of hydrazine groups is 1. The Balaban J connectivity index is 1.38. The number of fused-ring (bicyclic) bond motifs is 1. The van der Waals surface area contributed by atoms with Gasteiger partial charge >= 0.3 is 0 Å². The number of nitrogens with zero attached hydrogens (tertiary/aromatic N) is 3. The Hall–Kier alpha value is -4.84. The highest BCUT2D eigenvalue weighted by Gasteiger charge is 2.44. The minimum atomic E-state index is -0.383. The Labute approximate surface area is 241 Å². The van der Waals surface area contributed by atoms with Crippen LogP contribution in [0.3, 0.4) is 0 Å². The van der Waals surface area contributed by atoms with Gasteiger partial charge in [0, 0.05) is 19.3 Å². The van der Waals surface area contributed by atoms with Crippen molar-refractivity contribution in [1.29, 1.82) is 0 Å². The number of hydrogen-bond acceptors (Lipinski definition) is 4. The molecule has 206 valence electrons. The van der Waals surface area contributed by atoms with E-state index in [9.17, 15) is 9.59 Å². The quantitative estimate of drug-likeness (QED) is 0.265. The fourth-order valence-corrected chi connectivity index (χ4v) is 5.63. The van der Waals surface area contributed by atoms with E-state index in [1.807, 2.05) is 79.7 Å². The number of ether oxygens (including phenoxy) is 1. The lowest BCUT2D eigenvalue weighted by atomic mass is 9.77. The SMILES string of the molecule is CC1=CC(=C2C(=O)N(c3ccccc3)N(c3ccccc3)C2=O)C=C(/C=C/c2ccc3c(c2)C(C)(C)CCN3C)O1. The van der Waals surface area contributed by atoms with Crippen LogP contribution in [0.4, 0.5) is 17.1 Å². The third kappa shape index (κ3) is 4.86. The Morgan fingerprint density at radius 1 is 0.805 bits per heavy atom. The van der Waals surface area contributed by atoms with Gasteiger partial charge in [-0.2, -0.15) is 0 Å². The van der Waals surface area contributed by atoms with Crippen LogP contribution in [0.25, 0.3) is 6.08 Å². The number of para-hydroxylation sites is 2. The summed E-state index contributed by atoms with van der Waals surface area (Å²) in [5, 5.41) is 2.88. The molecule has 0 radical (unpaired) electrons. The highest BCUT2D eigenvalue weighted by Crippen LogP contribution is 2.40. The summed E-state index contributed by atoms with van der Waals surface area (Å²) < 4.78 is 6.01. The number of amides is 2. The van der Waals surface area contributed by atoms with Crippen LogP contribution in [0.1, 0.15) is 38.3 Å². The summed E-state index contributed by atoms with van der Waals surface area (Å²) in [5.41, 5.74) is 5.61. The first-order chi connectivity index (χ1) is 19.7. The van der Waals surface area contributed by atoms with Gasteiger partial charge in [0.05, 0.1) is 11.4 Å². The molecule has 1 saturated heterocycles. The number of benzene rings is 3. The van der Waals surface area contributed by atoms with Crippen molar-refractivity contribution >= 4 is 35.0 Å². The first kappa shape index (κ1) is 26.4. The normalized spacial score (nSPS) is 18.5. The molecule has 0 saturated carbocycles. The highest BCUT2D eigenvalue weighted by molar-refractivity contribution is 6.36. The minimum Gasteiger partial charge on any atom is -0.462 e. The molecule has 0 spiro atoms. The van der Waals surface area contributed by atoms with E-state index in [-0.39, 0.29) is 22.8 Å². The molecule has 3 aliphatic heterocycles. The molecule has 6 heteroatoms. The molecule has 6 nitrogen and oxygen atoms in total. The molecule has 0 bridgehead atoms. The lowest BCUT2D eigenvalue weighted by Gasteiger charge is -2.38. The highest BCUT2D eigenvalue weighted by atomic mass is 16.5. The fourth-order valence-electron chi connectivity index (χ4n) is 5.63. The lowest BCUT2D eigenvalue weighted by molar-refractivity contribution is -0.116. The van der Waals surface area contributed by atoms with Gasteiger partial charge in [0.25, 0.3) is 11.8 Å². The predicted octanol–water partition coefficient (Wildman–Crippen LogP) is 6.93. The van der Waals surface area contributed by atoms with E-state index < -0.39 is 0 Å². The van der Waals surface area contributed by atoms with E-state index in [1.165, 1.54) is 21.3 Å². The molecular formula is C35H33N3O3. The van der Waals surface area contributed by atoms with Crippen LogP contribution in [0.15, 0.2) is 120 Å². The maximum atomic E-state index is 13.9. The molecule has 0 aromatic heterocycles. The monoisotopic (exact) mass is 543 g/mol. The predicted molar refractivity (Wildman–Crippen MR) is 164 cm³/mol.